The molecular formula is C19H20FN3O3. The number of amides is 2. The number of carbonyl (C=O) groups is 2. The molecule has 6 nitrogen and oxygen atoms in total. The van der Waals surface area contributed by atoms with Gasteiger partial charge in [-0.25, -0.2) is 9.82 Å². The third kappa shape index (κ3) is 5.14. The van der Waals surface area contributed by atoms with Crippen molar-refractivity contribution >= 4 is 18.0 Å². The van der Waals surface area contributed by atoms with Crippen LogP contribution >= 0.6 is 0 Å². The molecule has 2 aromatic rings. The molecule has 2 amide bonds. The third-order valence-electron chi connectivity index (χ3n) is 3.61. The van der Waals surface area contributed by atoms with Gasteiger partial charge in [-0.15, -0.1) is 0 Å². The van der Waals surface area contributed by atoms with Gasteiger partial charge in [0.25, 0.3) is 11.8 Å². The van der Waals surface area contributed by atoms with Crippen LogP contribution < -0.4 is 10.7 Å². The molecule has 0 heterocycles. The van der Waals surface area contributed by atoms with Gasteiger partial charge in [0.05, 0.1) is 11.8 Å². The molecule has 0 saturated heterocycles. The molecule has 1 unspecified atom stereocenters. The number of phenolic OH excluding ortho intramolecular Hbond substituents is 1. The molecule has 0 saturated carbocycles. The van der Waals surface area contributed by atoms with Crippen LogP contribution in [0.4, 0.5) is 4.39 Å². The van der Waals surface area contributed by atoms with Crippen LogP contribution in [-0.4, -0.2) is 29.2 Å². The van der Waals surface area contributed by atoms with Crippen LogP contribution in [-0.2, 0) is 4.79 Å². The topological polar surface area (TPSA) is 90.8 Å². The standard InChI is InChI=1S/C19H20FN3O3/c1-12(2)17(22-18(25)15-8-3-4-9-16(15)20)19(26)23-21-11-13-6-5-7-14(24)10-13/h3-12,17,24H,1-2H3,(H,22,25)(H,23,26). The van der Waals surface area contributed by atoms with Gasteiger partial charge in [-0.2, -0.15) is 5.10 Å². The predicted octanol–water partition coefficient (Wildman–Crippen LogP) is 2.44. The molecule has 0 aromatic heterocycles. The zero-order chi connectivity index (χ0) is 19.1. The lowest BCUT2D eigenvalue weighted by molar-refractivity contribution is -0.123. The van der Waals surface area contributed by atoms with E-state index in [1.807, 2.05) is 0 Å². The van der Waals surface area contributed by atoms with E-state index in [1.54, 1.807) is 32.0 Å². The smallest absolute Gasteiger partial charge is 0.262 e. The number of nitrogens with one attached hydrogen (secondary N) is 2. The Kier molecular flexibility index (Phi) is 6.43. The first-order valence-corrected chi connectivity index (χ1v) is 8.06. The molecule has 0 fully saturated rings. The molecule has 3 N–H and O–H groups in total. The minimum absolute atomic E-state index is 0.0810. The molecule has 136 valence electrons. The minimum Gasteiger partial charge on any atom is -0.508 e. The maximum atomic E-state index is 13.7. The summed E-state index contributed by atoms with van der Waals surface area (Å²) in [5, 5.41) is 15.7. The van der Waals surface area contributed by atoms with Gasteiger partial charge in [-0.05, 0) is 35.7 Å². The van der Waals surface area contributed by atoms with Crippen LogP contribution in [0.3, 0.4) is 0 Å². The second-order valence-electron chi connectivity index (χ2n) is 6.00. The van der Waals surface area contributed by atoms with Crippen LogP contribution in [0.1, 0.15) is 29.8 Å². The van der Waals surface area contributed by atoms with E-state index in [9.17, 15) is 19.1 Å². The Labute approximate surface area is 150 Å². The largest absolute Gasteiger partial charge is 0.508 e. The maximum Gasteiger partial charge on any atom is 0.262 e. The maximum absolute atomic E-state index is 13.7. The van der Waals surface area contributed by atoms with Gasteiger partial charge in [0.2, 0.25) is 0 Å². The summed E-state index contributed by atoms with van der Waals surface area (Å²) in [4.78, 5) is 24.5. The number of halogens is 1. The molecule has 1 atom stereocenters. The first-order chi connectivity index (χ1) is 12.4. The van der Waals surface area contributed by atoms with Gasteiger partial charge in [-0.1, -0.05) is 38.1 Å². The molecule has 26 heavy (non-hydrogen) atoms. The second kappa shape index (κ2) is 8.75. The fourth-order valence-electron chi connectivity index (χ4n) is 2.24. The van der Waals surface area contributed by atoms with Crippen molar-refractivity contribution in [2.75, 3.05) is 0 Å². The SMILES string of the molecule is CC(C)C(NC(=O)c1ccccc1F)C(=O)NN=Cc1cccc(O)c1. The summed E-state index contributed by atoms with van der Waals surface area (Å²) in [5.74, 6) is -2.01. The summed E-state index contributed by atoms with van der Waals surface area (Å²) < 4.78 is 13.7. The lowest BCUT2D eigenvalue weighted by Crippen LogP contribution is -2.48. The van der Waals surface area contributed by atoms with Crippen LogP contribution in [0.2, 0.25) is 0 Å². The van der Waals surface area contributed by atoms with E-state index in [0.717, 1.165) is 0 Å². The number of carbonyl (C=O) groups excluding carboxylic acids is 2. The minimum atomic E-state index is -0.886. The van der Waals surface area contributed by atoms with E-state index in [-0.39, 0.29) is 17.2 Å². The van der Waals surface area contributed by atoms with E-state index in [4.69, 9.17) is 0 Å². The number of aromatic hydroxyl groups is 1. The molecule has 0 radical (unpaired) electrons. The summed E-state index contributed by atoms with van der Waals surface area (Å²) in [6.07, 6.45) is 1.37. The van der Waals surface area contributed by atoms with Crippen molar-refractivity contribution in [3.05, 3.63) is 65.5 Å². The summed E-state index contributed by atoms with van der Waals surface area (Å²) in [5.41, 5.74) is 2.81. The average Bonchev–Trinajstić information content (AvgIpc) is 2.59. The Hall–Kier alpha value is -3.22. The van der Waals surface area contributed by atoms with Gasteiger partial charge in [0, 0.05) is 0 Å². The van der Waals surface area contributed by atoms with Crippen molar-refractivity contribution < 1.29 is 19.1 Å². The average molecular weight is 357 g/mol. The van der Waals surface area contributed by atoms with Gasteiger partial charge in [-0.3, -0.25) is 9.59 Å². The van der Waals surface area contributed by atoms with Crippen LogP contribution in [0, 0.1) is 11.7 Å². The Bertz CT molecular complexity index is 821. The number of hydrazone groups is 1. The van der Waals surface area contributed by atoms with Crippen molar-refractivity contribution in [1.29, 1.82) is 0 Å². The van der Waals surface area contributed by atoms with E-state index in [0.29, 0.717) is 5.56 Å². The lowest BCUT2D eigenvalue weighted by Gasteiger charge is -2.20. The summed E-state index contributed by atoms with van der Waals surface area (Å²) in [6.45, 7) is 3.51. The lowest BCUT2D eigenvalue weighted by atomic mass is 10.0. The fourth-order valence-corrected chi connectivity index (χ4v) is 2.24. The van der Waals surface area contributed by atoms with E-state index < -0.39 is 23.7 Å². The highest BCUT2D eigenvalue weighted by Gasteiger charge is 2.25. The Morgan fingerprint density at radius 2 is 1.88 bits per heavy atom. The fraction of sp³-hybridized carbons (Fsp3) is 0.211. The van der Waals surface area contributed by atoms with E-state index in [2.05, 4.69) is 15.8 Å². The number of benzene rings is 2. The number of phenols is 1. The van der Waals surface area contributed by atoms with Crippen molar-refractivity contribution in [1.82, 2.24) is 10.7 Å². The first kappa shape index (κ1) is 19.1. The van der Waals surface area contributed by atoms with Gasteiger partial charge in [0.1, 0.15) is 17.6 Å². The molecule has 7 heteroatoms. The van der Waals surface area contributed by atoms with Crippen LogP contribution in [0.5, 0.6) is 5.75 Å². The summed E-state index contributed by atoms with van der Waals surface area (Å²) in [6, 6.07) is 11.0. The molecule has 0 aliphatic heterocycles. The zero-order valence-electron chi connectivity index (χ0n) is 14.4. The molecule has 0 spiro atoms. The highest BCUT2D eigenvalue weighted by molar-refractivity contribution is 5.98. The number of hydrogen-bond donors (Lipinski definition) is 3. The monoisotopic (exact) mass is 357 g/mol. The van der Waals surface area contributed by atoms with Gasteiger partial charge >= 0.3 is 0 Å². The zero-order valence-corrected chi connectivity index (χ0v) is 14.4. The third-order valence-corrected chi connectivity index (χ3v) is 3.61. The highest BCUT2D eigenvalue weighted by atomic mass is 19.1. The summed E-state index contributed by atoms with van der Waals surface area (Å²) >= 11 is 0. The van der Waals surface area contributed by atoms with Gasteiger partial charge < -0.3 is 10.4 Å². The quantitative estimate of drug-likeness (QED) is 0.548. The molecule has 2 aromatic carbocycles. The van der Waals surface area contributed by atoms with Crippen molar-refractivity contribution in [2.45, 2.75) is 19.9 Å². The van der Waals surface area contributed by atoms with Gasteiger partial charge in [0.15, 0.2) is 0 Å². The molecular weight excluding hydrogens is 337 g/mol. The van der Waals surface area contributed by atoms with E-state index in [1.165, 1.54) is 36.5 Å². The Morgan fingerprint density at radius 3 is 2.54 bits per heavy atom. The Balaban J connectivity index is 2.03. The number of hydrogen-bond acceptors (Lipinski definition) is 4. The number of nitrogens with zero attached hydrogens (tertiary/aromatic N) is 1. The normalized spacial score (nSPS) is 12.2. The molecule has 0 aliphatic carbocycles. The number of rotatable bonds is 6. The van der Waals surface area contributed by atoms with E-state index >= 15 is 0 Å². The molecule has 2 rings (SSSR count). The Morgan fingerprint density at radius 1 is 1.15 bits per heavy atom. The highest BCUT2D eigenvalue weighted by Crippen LogP contribution is 2.10. The second-order valence-corrected chi connectivity index (χ2v) is 6.00. The summed E-state index contributed by atoms with van der Waals surface area (Å²) in [7, 11) is 0. The van der Waals surface area contributed by atoms with Crippen LogP contribution in [0.25, 0.3) is 0 Å². The van der Waals surface area contributed by atoms with Crippen molar-refractivity contribution in [2.24, 2.45) is 11.0 Å². The van der Waals surface area contributed by atoms with Crippen LogP contribution in [0.15, 0.2) is 53.6 Å². The molecule has 0 aliphatic rings. The van der Waals surface area contributed by atoms with Crippen molar-refractivity contribution in [3.63, 3.8) is 0 Å². The van der Waals surface area contributed by atoms with Crippen molar-refractivity contribution in [3.8, 4) is 5.75 Å². The molecule has 0 bridgehead atoms. The first-order valence-electron chi connectivity index (χ1n) is 8.06. The predicted molar refractivity (Wildman–Crippen MR) is 96.3 cm³/mol.